The number of sulfonamides is 1. The molecule has 0 bridgehead atoms. The van der Waals surface area contributed by atoms with Gasteiger partial charge in [0.1, 0.15) is 11.9 Å². The van der Waals surface area contributed by atoms with Crippen LogP contribution in [-0.4, -0.2) is 67.3 Å². The molecule has 1 saturated heterocycles. The largest absolute Gasteiger partial charge is 0.468 e. The Labute approximate surface area is 203 Å². The molecule has 0 aromatic heterocycles. The molecule has 35 heavy (non-hydrogen) atoms. The fraction of sp³-hybridized carbons (Fsp3) is 0.458. The first-order valence-corrected chi connectivity index (χ1v) is 13.0. The van der Waals surface area contributed by atoms with Gasteiger partial charge in [-0.05, 0) is 48.9 Å². The van der Waals surface area contributed by atoms with Crippen LogP contribution in [0, 0.1) is 15.9 Å². The number of carbonyl (C=O) groups is 1. The molecule has 1 fully saturated rings. The lowest BCUT2D eigenvalue weighted by Gasteiger charge is -2.41. The van der Waals surface area contributed by atoms with Crippen LogP contribution in [0.25, 0.3) is 0 Å². The van der Waals surface area contributed by atoms with E-state index in [0.717, 1.165) is 24.5 Å². The Hall–Kier alpha value is -2.89. The van der Waals surface area contributed by atoms with Crippen molar-refractivity contribution in [2.75, 3.05) is 26.7 Å². The molecule has 1 aliphatic carbocycles. The Balaban J connectivity index is 1.56. The second kappa shape index (κ2) is 10.00. The van der Waals surface area contributed by atoms with Gasteiger partial charge in [0.05, 0.1) is 12.0 Å². The van der Waals surface area contributed by atoms with Crippen LogP contribution < -0.4 is 0 Å². The van der Waals surface area contributed by atoms with Gasteiger partial charge in [0, 0.05) is 38.2 Å². The summed E-state index contributed by atoms with van der Waals surface area (Å²) in [6, 6.07) is 7.50. The lowest BCUT2D eigenvalue weighted by Crippen LogP contribution is -2.58. The number of carbonyl (C=O) groups excluding carboxylic acids is 1. The number of piperazine rings is 1. The SMILES string of the molecule is COC(=O)[C@H](Cc1ccc2c(c1F)CCC2)N1CCN(S(=O)(=O)c2ccccc2[N+](=O)[O-])[C@@H](C)C1. The van der Waals surface area contributed by atoms with Crippen LogP contribution in [0.4, 0.5) is 10.1 Å². The zero-order valence-corrected chi connectivity index (χ0v) is 20.5. The number of rotatable bonds is 7. The van der Waals surface area contributed by atoms with Gasteiger partial charge >= 0.3 is 5.97 Å². The summed E-state index contributed by atoms with van der Waals surface area (Å²) in [6.07, 6.45) is 2.54. The van der Waals surface area contributed by atoms with Gasteiger partial charge in [0.25, 0.3) is 5.69 Å². The van der Waals surface area contributed by atoms with Crippen molar-refractivity contribution in [2.45, 2.75) is 49.6 Å². The quantitative estimate of drug-likeness (QED) is 0.323. The Morgan fingerprint density at radius 3 is 2.66 bits per heavy atom. The smallest absolute Gasteiger partial charge is 0.323 e. The highest BCUT2D eigenvalue weighted by atomic mass is 32.2. The molecule has 0 amide bonds. The number of para-hydroxylation sites is 1. The standard InChI is InChI=1S/C24H28FN3O6S/c1-16-15-26(12-13-27(16)35(32,33)22-9-4-3-8-20(22)28(30)31)21(24(29)34-2)14-18-11-10-17-6-5-7-19(17)23(18)25/h3-4,8-11,16,21H,5-7,12-15H2,1-2H3/t16-,21-/m0/s1. The predicted molar refractivity (Wildman–Crippen MR) is 126 cm³/mol. The molecule has 1 heterocycles. The molecule has 0 saturated carbocycles. The fourth-order valence-electron chi connectivity index (χ4n) is 5.10. The molecule has 11 heteroatoms. The highest BCUT2D eigenvalue weighted by Crippen LogP contribution is 2.31. The first-order chi connectivity index (χ1) is 16.6. The van der Waals surface area contributed by atoms with E-state index in [-0.39, 0.29) is 36.8 Å². The number of esters is 1. The highest BCUT2D eigenvalue weighted by Gasteiger charge is 2.40. The summed E-state index contributed by atoms with van der Waals surface area (Å²) in [4.78, 5) is 24.8. The van der Waals surface area contributed by atoms with Gasteiger partial charge in [-0.3, -0.25) is 19.8 Å². The number of nitrogens with zero attached hydrogens (tertiary/aromatic N) is 3. The Morgan fingerprint density at radius 2 is 1.97 bits per heavy atom. The van der Waals surface area contributed by atoms with Gasteiger partial charge in [-0.2, -0.15) is 4.31 Å². The molecule has 2 aliphatic rings. The fourth-order valence-corrected chi connectivity index (χ4v) is 6.87. The van der Waals surface area contributed by atoms with Crippen LogP contribution in [0.3, 0.4) is 0 Å². The number of halogens is 1. The third-order valence-electron chi connectivity index (χ3n) is 6.87. The van der Waals surface area contributed by atoms with E-state index in [4.69, 9.17) is 4.74 Å². The van der Waals surface area contributed by atoms with Gasteiger partial charge in [-0.1, -0.05) is 24.3 Å². The second-order valence-corrected chi connectivity index (χ2v) is 10.8. The van der Waals surface area contributed by atoms with E-state index in [9.17, 15) is 23.3 Å². The maximum absolute atomic E-state index is 15.1. The normalized spacial score (nSPS) is 19.8. The zero-order chi connectivity index (χ0) is 25.3. The summed E-state index contributed by atoms with van der Waals surface area (Å²) >= 11 is 0. The van der Waals surface area contributed by atoms with Crippen molar-refractivity contribution in [1.82, 2.24) is 9.21 Å². The monoisotopic (exact) mass is 505 g/mol. The Morgan fingerprint density at radius 1 is 1.23 bits per heavy atom. The molecular weight excluding hydrogens is 477 g/mol. The van der Waals surface area contributed by atoms with Gasteiger partial charge in [-0.15, -0.1) is 0 Å². The van der Waals surface area contributed by atoms with Crippen molar-refractivity contribution in [1.29, 1.82) is 0 Å². The van der Waals surface area contributed by atoms with E-state index < -0.39 is 38.7 Å². The lowest BCUT2D eigenvalue weighted by molar-refractivity contribution is -0.387. The molecule has 1 aliphatic heterocycles. The number of nitro benzene ring substituents is 1. The number of hydrogen-bond acceptors (Lipinski definition) is 7. The molecule has 0 radical (unpaired) electrons. The van der Waals surface area contributed by atoms with Crippen LogP contribution in [-0.2, 0) is 38.8 Å². The molecule has 2 aromatic carbocycles. The van der Waals surface area contributed by atoms with Crippen molar-refractivity contribution in [3.05, 3.63) is 69.0 Å². The summed E-state index contributed by atoms with van der Waals surface area (Å²) in [5, 5.41) is 11.4. The molecular formula is C24H28FN3O6S. The summed E-state index contributed by atoms with van der Waals surface area (Å²) in [7, 11) is -2.87. The van der Waals surface area contributed by atoms with Crippen LogP contribution in [0.2, 0.25) is 0 Å². The molecule has 0 spiro atoms. The van der Waals surface area contributed by atoms with Crippen LogP contribution in [0.15, 0.2) is 41.3 Å². The molecule has 0 unspecified atom stereocenters. The molecule has 2 aromatic rings. The second-order valence-electron chi connectivity index (χ2n) is 8.96. The summed E-state index contributed by atoms with van der Waals surface area (Å²) in [5.41, 5.74) is 1.66. The number of ether oxygens (including phenoxy) is 1. The highest BCUT2D eigenvalue weighted by molar-refractivity contribution is 7.89. The number of hydrogen-bond donors (Lipinski definition) is 0. The van der Waals surface area contributed by atoms with E-state index in [1.165, 1.54) is 29.6 Å². The van der Waals surface area contributed by atoms with Crippen molar-refractivity contribution in [3.63, 3.8) is 0 Å². The average molecular weight is 506 g/mol. The minimum atomic E-state index is -4.15. The predicted octanol–water partition coefficient (Wildman–Crippen LogP) is 2.70. The first-order valence-electron chi connectivity index (χ1n) is 11.5. The van der Waals surface area contributed by atoms with Crippen molar-refractivity contribution in [2.24, 2.45) is 0 Å². The lowest BCUT2D eigenvalue weighted by atomic mass is 9.98. The van der Waals surface area contributed by atoms with E-state index >= 15 is 4.39 Å². The van der Waals surface area contributed by atoms with Gasteiger partial charge < -0.3 is 4.74 Å². The van der Waals surface area contributed by atoms with E-state index in [1.807, 2.05) is 6.07 Å². The number of benzene rings is 2. The Bertz CT molecular complexity index is 1250. The minimum Gasteiger partial charge on any atom is -0.468 e. The third-order valence-corrected chi connectivity index (χ3v) is 8.93. The van der Waals surface area contributed by atoms with Crippen molar-refractivity contribution >= 4 is 21.7 Å². The maximum Gasteiger partial charge on any atom is 0.323 e. The van der Waals surface area contributed by atoms with Gasteiger partial charge in [0.15, 0.2) is 4.90 Å². The summed E-state index contributed by atoms with van der Waals surface area (Å²) in [5.74, 6) is -0.799. The molecule has 2 atom stereocenters. The zero-order valence-electron chi connectivity index (χ0n) is 19.6. The first kappa shape index (κ1) is 25.2. The van der Waals surface area contributed by atoms with Crippen molar-refractivity contribution < 1.29 is 27.3 Å². The van der Waals surface area contributed by atoms with Crippen LogP contribution in [0.1, 0.15) is 30.0 Å². The van der Waals surface area contributed by atoms with E-state index in [2.05, 4.69) is 0 Å². The summed E-state index contributed by atoms with van der Waals surface area (Å²) < 4.78 is 48.0. The number of aryl methyl sites for hydroxylation is 1. The third kappa shape index (κ3) is 4.80. The van der Waals surface area contributed by atoms with Crippen LogP contribution >= 0.6 is 0 Å². The number of methoxy groups -OCH3 is 1. The van der Waals surface area contributed by atoms with E-state index in [0.29, 0.717) is 17.5 Å². The van der Waals surface area contributed by atoms with E-state index in [1.54, 1.807) is 17.9 Å². The van der Waals surface area contributed by atoms with Crippen LogP contribution in [0.5, 0.6) is 0 Å². The molecule has 9 nitrogen and oxygen atoms in total. The summed E-state index contributed by atoms with van der Waals surface area (Å²) in [6.45, 7) is 2.08. The van der Waals surface area contributed by atoms with Gasteiger partial charge in [0.2, 0.25) is 10.0 Å². The minimum absolute atomic E-state index is 0.0235. The molecule has 0 N–H and O–H groups in total. The average Bonchev–Trinajstić information content (AvgIpc) is 3.33. The number of nitro groups is 1. The maximum atomic E-state index is 15.1. The topological polar surface area (TPSA) is 110 Å². The van der Waals surface area contributed by atoms with Crippen molar-refractivity contribution in [3.8, 4) is 0 Å². The molecule has 4 rings (SSSR count). The molecule has 188 valence electrons. The van der Waals surface area contributed by atoms with Gasteiger partial charge in [-0.25, -0.2) is 12.8 Å². The number of fused-ring (bicyclic) bond motifs is 1. The Kier molecular flexibility index (Phi) is 7.20.